The fourth-order valence-electron chi connectivity index (χ4n) is 2.68. The van der Waals surface area contributed by atoms with E-state index < -0.39 is 41.9 Å². The second-order valence-electron chi connectivity index (χ2n) is 5.27. The van der Waals surface area contributed by atoms with Gasteiger partial charge in [-0.15, -0.1) is 0 Å². The molecule has 0 aliphatic carbocycles. The van der Waals surface area contributed by atoms with Gasteiger partial charge in [0.2, 0.25) is 5.91 Å². The van der Waals surface area contributed by atoms with Crippen LogP contribution in [0.15, 0.2) is 21.9 Å². The minimum absolute atomic E-state index is 0.107. The topological polar surface area (TPSA) is 154 Å². The Balaban J connectivity index is 2.49. The number of aliphatic hydroxyl groups excluding tert-OH is 3. The second-order valence-corrected chi connectivity index (χ2v) is 5.27. The number of carbonyl (C=O) groups excluding carboxylic acids is 1. The Morgan fingerprint density at radius 3 is 2.70 bits per heavy atom. The number of aliphatic hydroxyl groups is 3. The van der Waals surface area contributed by atoms with Crippen LogP contribution in [-0.4, -0.2) is 62.7 Å². The standard InChI is InChI=1S/C13H19N3O7/c1-14-8(18)2-4-13(11(21)10(20)7(6-17)23-13)16-5-3-9(19)15-12(16)22/h3,5,7,10-11,17,20-21H,2,4,6H2,1H3,(H,14,18)(H,15,19,22)/t7-,10-,11-,13-/m1/s1. The molecule has 0 radical (unpaired) electrons. The van der Waals surface area contributed by atoms with E-state index in [4.69, 9.17) is 4.74 Å². The summed E-state index contributed by atoms with van der Waals surface area (Å²) in [5.41, 5.74) is -3.28. The first-order chi connectivity index (χ1) is 10.9. The molecular formula is C13H19N3O7. The number of hydrogen-bond acceptors (Lipinski definition) is 7. The molecule has 1 aromatic heterocycles. The van der Waals surface area contributed by atoms with Gasteiger partial charge in [0.05, 0.1) is 6.61 Å². The van der Waals surface area contributed by atoms with Crippen LogP contribution in [0.1, 0.15) is 12.8 Å². The van der Waals surface area contributed by atoms with E-state index in [1.54, 1.807) is 0 Å². The summed E-state index contributed by atoms with van der Waals surface area (Å²) in [6.07, 6.45) is -3.30. The van der Waals surface area contributed by atoms with E-state index in [-0.39, 0.29) is 18.7 Å². The highest BCUT2D eigenvalue weighted by molar-refractivity contribution is 5.75. The number of nitrogens with zero attached hydrogens (tertiary/aromatic N) is 1. The van der Waals surface area contributed by atoms with Crippen molar-refractivity contribution < 1.29 is 24.9 Å². The summed E-state index contributed by atoms with van der Waals surface area (Å²) in [6, 6.07) is 1.05. The van der Waals surface area contributed by atoms with E-state index in [2.05, 4.69) is 5.32 Å². The van der Waals surface area contributed by atoms with Gasteiger partial charge in [-0.25, -0.2) is 4.79 Å². The molecule has 10 heteroatoms. The zero-order chi connectivity index (χ0) is 17.2. The van der Waals surface area contributed by atoms with Crippen LogP contribution in [0.5, 0.6) is 0 Å². The van der Waals surface area contributed by atoms with E-state index >= 15 is 0 Å². The Morgan fingerprint density at radius 1 is 1.48 bits per heavy atom. The van der Waals surface area contributed by atoms with Gasteiger partial charge < -0.3 is 25.4 Å². The van der Waals surface area contributed by atoms with Gasteiger partial charge >= 0.3 is 5.69 Å². The van der Waals surface area contributed by atoms with Crippen molar-refractivity contribution in [1.82, 2.24) is 14.9 Å². The van der Waals surface area contributed by atoms with Crippen LogP contribution < -0.4 is 16.6 Å². The molecule has 4 atom stereocenters. The van der Waals surface area contributed by atoms with Crippen LogP contribution in [0.25, 0.3) is 0 Å². The molecule has 0 unspecified atom stereocenters. The van der Waals surface area contributed by atoms with Gasteiger partial charge in [-0.1, -0.05) is 0 Å². The lowest BCUT2D eigenvalue weighted by atomic mass is 9.97. The number of nitrogens with one attached hydrogen (secondary N) is 2. The van der Waals surface area contributed by atoms with Crippen LogP contribution in [0, 0.1) is 0 Å². The Kier molecular flexibility index (Phi) is 5.00. The number of hydrogen-bond donors (Lipinski definition) is 5. The Hall–Kier alpha value is -2.01. The van der Waals surface area contributed by atoms with Crippen molar-refractivity contribution in [3.8, 4) is 0 Å². The molecule has 0 bridgehead atoms. The van der Waals surface area contributed by atoms with Crippen molar-refractivity contribution in [2.45, 2.75) is 36.9 Å². The third-order valence-corrected chi connectivity index (χ3v) is 3.92. The lowest BCUT2D eigenvalue weighted by molar-refractivity contribution is -0.158. The molecule has 1 aliphatic rings. The van der Waals surface area contributed by atoms with Crippen LogP contribution in [-0.2, 0) is 15.3 Å². The summed E-state index contributed by atoms with van der Waals surface area (Å²) in [5, 5.41) is 32.0. The Labute approximate surface area is 130 Å². The minimum Gasteiger partial charge on any atom is -0.394 e. The molecule has 0 aromatic carbocycles. The maximum atomic E-state index is 12.1. The zero-order valence-electron chi connectivity index (χ0n) is 12.4. The largest absolute Gasteiger partial charge is 0.394 e. The van der Waals surface area contributed by atoms with Gasteiger partial charge in [0, 0.05) is 32.2 Å². The van der Waals surface area contributed by atoms with E-state index in [1.165, 1.54) is 7.05 Å². The molecule has 1 aromatic rings. The SMILES string of the molecule is CNC(=O)CC[C@@]1(n2ccc(=O)[nH]c2=O)O[C@H](CO)[C@@H](O)[C@H]1O. The summed E-state index contributed by atoms with van der Waals surface area (Å²) < 4.78 is 6.45. The summed E-state index contributed by atoms with van der Waals surface area (Å²) in [6.45, 7) is -0.585. The molecule has 1 fully saturated rings. The van der Waals surface area contributed by atoms with Gasteiger partial charge in [0.15, 0.2) is 5.72 Å². The number of aromatic nitrogens is 2. The van der Waals surface area contributed by atoms with Gasteiger partial charge in [0.1, 0.15) is 18.3 Å². The number of amides is 1. The predicted molar refractivity (Wildman–Crippen MR) is 76.6 cm³/mol. The lowest BCUT2D eigenvalue weighted by Gasteiger charge is -2.33. The smallest absolute Gasteiger partial charge is 0.330 e. The molecule has 1 saturated heterocycles. The van der Waals surface area contributed by atoms with Gasteiger partial charge in [-0.2, -0.15) is 0 Å². The van der Waals surface area contributed by atoms with Crippen LogP contribution >= 0.6 is 0 Å². The highest BCUT2D eigenvalue weighted by Gasteiger charge is 2.55. The average Bonchev–Trinajstić information content (AvgIpc) is 2.78. The summed E-state index contributed by atoms with van der Waals surface area (Å²) >= 11 is 0. The van der Waals surface area contributed by atoms with Gasteiger partial charge in [0.25, 0.3) is 5.56 Å². The van der Waals surface area contributed by atoms with Crippen LogP contribution in [0.2, 0.25) is 0 Å². The summed E-state index contributed by atoms with van der Waals surface area (Å²) in [7, 11) is 1.43. The Morgan fingerprint density at radius 2 is 2.17 bits per heavy atom. The molecule has 23 heavy (non-hydrogen) atoms. The van der Waals surface area contributed by atoms with Crippen molar-refractivity contribution in [2.24, 2.45) is 0 Å². The van der Waals surface area contributed by atoms with Crippen molar-refractivity contribution in [3.63, 3.8) is 0 Å². The predicted octanol–water partition coefficient (Wildman–Crippen LogP) is -3.17. The number of aromatic amines is 1. The minimum atomic E-state index is -1.78. The first-order valence-electron chi connectivity index (χ1n) is 7.03. The van der Waals surface area contributed by atoms with Crippen molar-refractivity contribution in [3.05, 3.63) is 33.1 Å². The number of H-pyrrole nitrogens is 1. The van der Waals surface area contributed by atoms with Gasteiger partial charge in [-0.05, 0) is 0 Å². The molecule has 1 amide bonds. The molecule has 0 spiro atoms. The monoisotopic (exact) mass is 329 g/mol. The van der Waals surface area contributed by atoms with Crippen LogP contribution in [0.3, 0.4) is 0 Å². The third kappa shape index (κ3) is 3.06. The molecule has 10 nitrogen and oxygen atoms in total. The fraction of sp³-hybridized carbons (Fsp3) is 0.615. The van der Waals surface area contributed by atoms with Gasteiger partial charge in [-0.3, -0.25) is 19.1 Å². The fourth-order valence-corrected chi connectivity index (χ4v) is 2.68. The quantitative estimate of drug-likeness (QED) is 0.382. The lowest BCUT2D eigenvalue weighted by Crippen LogP contribution is -2.52. The highest BCUT2D eigenvalue weighted by Crippen LogP contribution is 2.38. The maximum Gasteiger partial charge on any atom is 0.330 e. The van der Waals surface area contributed by atoms with E-state index in [9.17, 15) is 29.7 Å². The number of rotatable bonds is 5. The molecule has 2 rings (SSSR count). The maximum absolute atomic E-state index is 12.1. The van der Waals surface area contributed by atoms with Crippen LogP contribution in [0.4, 0.5) is 0 Å². The second kappa shape index (κ2) is 6.62. The molecule has 128 valence electrons. The molecule has 1 aliphatic heterocycles. The van der Waals surface area contributed by atoms with E-state index in [0.717, 1.165) is 16.8 Å². The van der Waals surface area contributed by atoms with E-state index in [1.807, 2.05) is 4.98 Å². The Bertz CT molecular complexity index is 685. The first kappa shape index (κ1) is 17.3. The third-order valence-electron chi connectivity index (χ3n) is 3.92. The summed E-state index contributed by atoms with van der Waals surface area (Å²) in [4.78, 5) is 36.8. The van der Waals surface area contributed by atoms with Crippen molar-refractivity contribution in [1.29, 1.82) is 0 Å². The van der Waals surface area contributed by atoms with Crippen molar-refractivity contribution in [2.75, 3.05) is 13.7 Å². The molecule has 2 heterocycles. The average molecular weight is 329 g/mol. The number of ether oxygens (including phenoxy) is 1. The first-order valence-corrected chi connectivity index (χ1v) is 7.03. The van der Waals surface area contributed by atoms with E-state index in [0.29, 0.717) is 0 Å². The summed E-state index contributed by atoms with van der Waals surface area (Å²) in [5.74, 6) is -0.361. The molecule has 0 saturated carbocycles. The molecule has 5 N–H and O–H groups in total. The zero-order valence-corrected chi connectivity index (χ0v) is 12.4. The van der Waals surface area contributed by atoms with Crippen molar-refractivity contribution >= 4 is 5.91 Å². The normalized spacial score (nSPS) is 30.3. The molecular weight excluding hydrogens is 310 g/mol. The number of carbonyl (C=O) groups is 1. The highest BCUT2D eigenvalue weighted by atomic mass is 16.6.